The topological polar surface area (TPSA) is 38.7 Å². The molecule has 3 nitrogen and oxygen atoms in total. The minimum absolute atomic E-state index is 0.644. The first kappa shape index (κ1) is 31.0. The summed E-state index contributed by atoms with van der Waals surface area (Å²) in [4.78, 5) is 16.5. The van der Waals surface area contributed by atoms with Gasteiger partial charge in [-0.1, -0.05) is 176 Å². The quantitative estimate of drug-likeness (QED) is 0.163. The first-order valence-electron chi connectivity index (χ1n) is 17.8. The van der Waals surface area contributed by atoms with Crippen molar-refractivity contribution in [3.8, 4) is 66.9 Å². The van der Waals surface area contributed by atoms with Crippen LogP contribution in [0.2, 0.25) is 0 Å². The molecule has 4 heteroatoms. The van der Waals surface area contributed by atoms with Gasteiger partial charge < -0.3 is 0 Å². The van der Waals surface area contributed by atoms with Crippen molar-refractivity contribution in [2.45, 2.75) is 0 Å². The van der Waals surface area contributed by atoms with Gasteiger partial charge in [-0.25, -0.2) is 15.0 Å². The number of hydrogen-bond acceptors (Lipinski definition) is 4. The summed E-state index contributed by atoms with van der Waals surface area (Å²) in [5.41, 5.74) is 8.96. The van der Waals surface area contributed by atoms with Crippen molar-refractivity contribution in [3.63, 3.8) is 0 Å². The van der Waals surface area contributed by atoms with Gasteiger partial charge in [0.05, 0.1) is 4.88 Å². The van der Waals surface area contributed by atoms with Crippen LogP contribution in [0.1, 0.15) is 0 Å². The van der Waals surface area contributed by atoms with E-state index in [9.17, 15) is 0 Å². The molecule has 0 spiro atoms. The molecule has 0 saturated heterocycles. The van der Waals surface area contributed by atoms with Gasteiger partial charge in [-0.05, 0) is 72.4 Å². The normalized spacial score (nSPS) is 11.4. The molecular weight excluding hydrogens is 663 g/mol. The van der Waals surface area contributed by atoms with Gasteiger partial charge in [0.2, 0.25) is 0 Å². The molecule has 0 fully saturated rings. The van der Waals surface area contributed by atoms with E-state index >= 15 is 0 Å². The molecule has 0 radical (unpaired) electrons. The zero-order valence-corrected chi connectivity index (χ0v) is 29.5. The summed E-state index contributed by atoms with van der Waals surface area (Å²) >= 11 is 1.71. The summed E-state index contributed by atoms with van der Waals surface area (Å²) < 4.78 is 1.21. The molecule has 248 valence electrons. The highest BCUT2D eigenvalue weighted by atomic mass is 32.1. The van der Waals surface area contributed by atoms with Crippen molar-refractivity contribution in [2.24, 2.45) is 0 Å². The Hall–Kier alpha value is -6.75. The summed E-state index contributed by atoms with van der Waals surface area (Å²) in [6.07, 6.45) is 0. The Morgan fingerprint density at radius 2 is 0.774 bits per heavy atom. The largest absolute Gasteiger partial charge is 0.208 e. The molecule has 0 aliphatic carbocycles. The van der Waals surface area contributed by atoms with E-state index in [1.54, 1.807) is 11.3 Å². The molecule has 2 heterocycles. The molecule has 2 aromatic heterocycles. The van der Waals surface area contributed by atoms with Gasteiger partial charge in [-0.2, -0.15) is 0 Å². The van der Waals surface area contributed by atoms with Crippen LogP contribution in [0.15, 0.2) is 188 Å². The fraction of sp³-hybridized carbons (Fsp3) is 0. The van der Waals surface area contributed by atoms with Crippen LogP contribution in [0.4, 0.5) is 0 Å². The molecule has 0 aliphatic rings. The lowest BCUT2D eigenvalue weighted by molar-refractivity contribution is 1.08. The van der Waals surface area contributed by atoms with Crippen LogP contribution in [0.3, 0.4) is 0 Å². The van der Waals surface area contributed by atoms with E-state index in [2.05, 4.69) is 182 Å². The Bertz CT molecular complexity index is 2840. The first-order valence-corrected chi connectivity index (χ1v) is 18.6. The van der Waals surface area contributed by atoms with Crippen LogP contribution in [-0.4, -0.2) is 15.0 Å². The second kappa shape index (κ2) is 13.1. The van der Waals surface area contributed by atoms with Crippen molar-refractivity contribution in [2.75, 3.05) is 0 Å². The Labute approximate surface area is 311 Å². The van der Waals surface area contributed by atoms with Crippen molar-refractivity contribution < 1.29 is 0 Å². The maximum Gasteiger partial charge on any atom is 0.174 e. The molecule has 10 aromatic rings. The number of fused-ring (bicyclic) bond motifs is 3. The molecule has 8 aromatic carbocycles. The maximum atomic E-state index is 5.17. The third-order valence-electron chi connectivity index (χ3n) is 9.96. The lowest BCUT2D eigenvalue weighted by Crippen LogP contribution is -2.00. The highest BCUT2D eigenvalue weighted by Crippen LogP contribution is 2.44. The summed E-state index contributed by atoms with van der Waals surface area (Å²) in [7, 11) is 0. The third kappa shape index (κ3) is 5.57. The van der Waals surface area contributed by atoms with Gasteiger partial charge in [0.1, 0.15) is 0 Å². The minimum Gasteiger partial charge on any atom is -0.208 e. The molecule has 0 amide bonds. The Kier molecular flexibility index (Phi) is 7.67. The van der Waals surface area contributed by atoms with Crippen LogP contribution in [0.25, 0.3) is 98.5 Å². The number of nitrogens with zero attached hydrogens (tertiary/aromatic N) is 3. The number of benzene rings is 8. The van der Waals surface area contributed by atoms with Crippen LogP contribution in [-0.2, 0) is 0 Å². The lowest BCUT2D eigenvalue weighted by atomic mass is 9.86. The van der Waals surface area contributed by atoms with E-state index in [4.69, 9.17) is 15.0 Å². The smallest absolute Gasteiger partial charge is 0.174 e. The van der Waals surface area contributed by atoms with Gasteiger partial charge in [-0.3, -0.25) is 0 Å². The van der Waals surface area contributed by atoms with E-state index in [-0.39, 0.29) is 0 Å². The van der Waals surface area contributed by atoms with E-state index in [0.29, 0.717) is 17.5 Å². The molecule has 0 aliphatic heterocycles. The molecule has 0 saturated carbocycles. The van der Waals surface area contributed by atoms with E-state index in [1.165, 1.54) is 48.3 Å². The van der Waals surface area contributed by atoms with E-state index in [0.717, 1.165) is 32.7 Å². The average molecular weight is 694 g/mol. The zero-order chi connectivity index (χ0) is 35.1. The first-order chi connectivity index (χ1) is 26.3. The Morgan fingerprint density at radius 3 is 1.40 bits per heavy atom. The fourth-order valence-corrected chi connectivity index (χ4v) is 8.51. The average Bonchev–Trinajstić information content (AvgIpc) is 3.68. The van der Waals surface area contributed by atoms with Crippen molar-refractivity contribution in [1.82, 2.24) is 15.0 Å². The Balaban J connectivity index is 1.14. The van der Waals surface area contributed by atoms with Crippen molar-refractivity contribution in [3.05, 3.63) is 188 Å². The van der Waals surface area contributed by atoms with Crippen LogP contribution in [0.5, 0.6) is 0 Å². The molecule has 10 rings (SSSR count). The maximum absolute atomic E-state index is 5.17. The highest BCUT2D eigenvalue weighted by molar-refractivity contribution is 7.22. The predicted octanol–water partition coefficient (Wildman–Crippen LogP) is 13.4. The summed E-state index contributed by atoms with van der Waals surface area (Å²) in [5.74, 6) is 1.97. The van der Waals surface area contributed by atoms with Crippen molar-refractivity contribution in [1.29, 1.82) is 0 Å². The molecule has 0 N–H and O–H groups in total. The zero-order valence-electron chi connectivity index (χ0n) is 28.6. The second-order valence-electron chi connectivity index (χ2n) is 13.2. The molecular formula is C49H31N3S. The summed E-state index contributed by atoms with van der Waals surface area (Å²) in [5, 5.41) is 6.12. The lowest BCUT2D eigenvalue weighted by Gasteiger charge is -2.18. The van der Waals surface area contributed by atoms with Crippen LogP contribution >= 0.6 is 11.3 Å². The fourth-order valence-electron chi connectivity index (χ4n) is 7.52. The molecule has 0 atom stereocenters. The minimum atomic E-state index is 0.644. The van der Waals surface area contributed by atoms with Gasteiger partial charge in [-0.15, -0.1) is 11.3 Å². The van der Waals surface area contributed by atoms with Crippen LogP contribution in [0, 0.1) is 0 Å². The summed E-state index contributed by atoms with van der Waals surface area (Å²) in [6.45, 7) is 0. The monoisotopic (exact) mass is 693 g/mol. The SMILES string of the molecule is c1ccc(-c2ccccc2-c2nc(-c3ccc(-c4c5ccccc5c(-c5ccccc5)c5ccccc45)cc3)nc(-c3cc4ccccc4s3)n2)cc1. The molecule has 0 unspecified atom stereocenters. The molecule has 0 bridgehead atoms. The Morgan fingerprint density at radius 1 is 0.321 bits per heavy atom. The highest BCUT2D eigenvalue weighted by Gasteiger charge is 2.19. The van der Waals surface area contributed by atoms with E-state index < -0.39 is 0 Å². The number of aromatic nitrogens is 3. The van der Waals surface area contributed by atoms with Gasteiger partial charge in [0.25, 0.3) is 0 Å². The van der Waals surface area contributed by atoms with Gasteiger partial charge in [0, 0.05) is 15.8 Å². The van der Waals surface area contributed by atoms with Crippen LogP contribution < -0.4 is 0 Å². The number of hydrogen-bond donors (Lipinski definition) is 0. The number of thiophene rings is 1. The third-order valence-corrected chi connectivity index (χ3v) is 11.1. The standard InChI is InChI=1S/C49H31N3S/c1-3-15-32(16-4-1)37-20-8-13-25-42(37)48-50-47(51-49(52-48)44-31-36-19-7-14-26-43(36)53-44)35-29-27-34(28-30-35)46-40-23-11-9-21-38(40)45(33-17-5-2-6-18-33)39-22-10-12-24-41(39)46/h1-31H. The van der Waals surface area contributed by atoms with E-state index in [1.807, 2.05) is 6.07 Å². The number of rotatable bonds is 6. The van der Waals surface area contributed by atoms with Gasteiger partial charge >= 0.3 is 0 Å². The van der Waals surface area contributed by atoms with Crippen molar-refractivity contribution >= 4 is 43.0 Å². The van der Waals surface area contributed by atoms with Gasteiger partial charge in [0.15, 0.2) is 17.5 Å². The molecule has 53 heavy (non-hydrogen) atoms. The predicted molar refractivity (Wildman–Crippen MR) is 223 cm³/mol. The second-order valence-corrected chi connectivity index (χ2v) is 14.2. The summed E-state index contributed by atoms with van der Waals surface area (Å²) in [6, 6.07) is 66.4.